The minimum atomic E-state index is -4.20. The van der Waals surface area contributed by atoms with Crippen LogP contribution in [0.15, 0.2) is 59.0 Å². The highest BCUT2D eigenvalue weighted by Gasteiger charge is 2.72. The Morgan fingerprint density at radius 3 is 1.82 bits per heavy atom. The SMILES string of the molecule is COC(=O)c1ccc(/C(=C2/C(C)(C)C2(F)F)S(=O)(=O)c2ccc(C)cc2)cc1. The molecular formula is C21H20F2O4S. The number of esters is 1. The van der Waals surface area contributed by atoms with Gasteiger partial charge >= 0.3 is 5.97 Å². The molecule has 1 fully saturated rings. The molecule has 1 aliphatic carbocycles. The summed E-state index contributed by atoms with van der Waals surface area (Å²) in [6, 6.07) is 11.5. The highest BCUT2D eigenvalue weighted by molar-refractivity contribution is 8.00. The maximum absolute atomic E-state index is 14.5. The predicted molar refractivity (Wildman–Crippen MR) is 102 cm³/mol. The third-order valence-electron chi connectivity index (χ3n) is 5.06. The van der Waals surface area contributed by atoms with E-state index in [1.807, 2.05) is 0 Å². The smallest absolute Gasteiger partial charge is 0.337 e. The molecule has 0 atom stereocenters. The number of hydrogen-bond donors (Lipinski definition) is 0. The molecule has 0 aliphatic heterocycles. The number of rotatable bonds is 4. The van der Waals surface area contributed by atoms with E-state index in [2.05, 4.69) is 4.74 Å². The summed E-state index contributed by atoms with van der Waals surface area (Å²) in [7, 11) is -2.98. The van der Waals surface area contributed by atoms with E-state index in [1.54, 1.807) is 19.1 Å². The zero-order chi connectivity index (χ0) is 20.9. The second-order valence-electron chi connectivity index (χ2n) is 7.29. The van der Waals surface area contributed by atoms with E-state index in [0.717, 1.165) is 5.56 Å². The van der Waals surface area contributed by atoms with Crippen molar-refractivity contribution in [3.63, 3.8) is 0 Å². The molecule has 3 rings (SSSR count). The van der Waals surface area contributed by atoms with Crippen molar-refractivity contribution in [2.75, 3.05) is 7.11 Å². The maximum atomic E-state index is 14.5. The molecular weight excluding hydrogens is 386 g/mol. The van der Waals surface area contributed by atoms with E-state index in [9.17, 15) is 22.0 Å². The first-order valence-electron chi connectivity index (χ1n) is 8.58. The highest BCUT2D eigenvalue weighted by atomic mass is 32.2. The van der Waals surface area contributed by atoms with Crippen LogP contribution in [0.25, 0.3) is 4.91 Å². The molecule has 0 amide bonds. The molecule has 0 N–H and O–H groups in total. The molecule has 28 heavy (non-hydrogen) atoms. The quantitative estimate of drug-likeness (QED) is 0.694. The standard InChI is InChI=1S/C21H20F2O4S/c1-13-5-11-16(12-6-13)28(25,26)17(18-20(2,3)21(18,22)23)14-7-9-15(10-8-14)19(24)27-4/h5-12H,1-4H3/b18-17+. The number of hydrogen-bond acceptors (Lipinski definition) is 4. The van der Waals surface area contributed by atoms with Gasteiger partial charge in [0.25, 0.3) is 5.92 Å². The summed E-state index contributed by atoms with van der Waals surface area (Å²) in [6.45, 7) is 4.44. The first-order chi connectivity index (χ1) is 12.9. The average molecular weight is 406 g/mol. The van der Waals surface area contributed by atoms with Crippen molar-refractivity contribution in [1.82, 2.24) is 0 Å². The summed E-state index contributed by atoms with van der Waals surface area (Å²) < 4.78 is 60.2. The summed E-state index contributed by atoms with van der Waals surface area (Å²) in [5, 5.41) is 0. The third kappa shape index (κ3) is 3.03. The lowest BCUT2D eigenvalue weighted by Crippen LogP contribution is -2.07. The van der Waals surface area contributed by atoms with Gasteiger partial charge in [0.15, 0.2) is 0 Å². The summed E-state index contributed by atoms with van der Waals surface area (Å²) in [5.41, 5.74) is -0.834. The van der Waals surface area contributed by atoms with Gasteiger partial charge in [0, 0.05) is 5.57 Å². The van der Waals surface area contributed by atoms with Crippen molar-refractivity contribution in [2.24, 2.45) is 5.41 Å². The molecule has 0 unspecified atom stereocenters. The maximum Gasteiger partial charge on any atom is 0.337 e. The summed E-state index contributed by atoms with van der Waals surface area (Å²) in [5.74, 6) is -3.83. The Kier molecular flexibility index (Phi) is 4.70. The Labute approximate surface area is 162 Å². The van der Waals surface area contributed by atoms with Crippen molar-refractivity contribution in [3.05, 3.63) is 70.8 Å². The van der Waals surface area contributed by atoms with Crippen LogP contribution in [0.3, 0.4) is 0 Å². The van der Waals surface area contributed by atoms with Gasteiger partial charge in [0.2, 0.25) is 9.84 Å². The fourth-order valence-electron chi connectivity index (χ4n) is 3.14. The zero-order valence-electron chi connectivity index (χ0n) is 15.9. The Morgan fingerprint density at radius 2 is 1.39 bits per heavy atom. The number of sulfone groups is 1. The number of benzene rings is 2. The van der Waals surface area contributed by atoms with Crippen molar-refractivity contribution in [1.29, 1.82) is 0 Å². The molecule has 0 radical (unpaired) electrons. The fraction of sp³-hybridized carbons (Fsp3) is 0.286. The van der Waals surface area contributed by atoms with E-state index in [1.165, 1.54) is 57.4 Å². The first kappa shape index (κ1) is 20.2. The zero-order valence-corrected chi connectivity index (χ0v) is 16.7. The van der Waals surface area contributed by atoms with Crippen LogP contribution in [-0.2, 0) is 14.6 Å². The van der Waals surface area contributed by atoms with Gasteiger partial charge < -0.3 is 4.74 Å². The van der Waals surface area contributed by atoms with Crippen molar-refractivity contribution in [2.45, 2.75) is 31.6 Å². The van der Waals surface area contributed by atoms with E-state index >= 15 is 0 Å². The van der Waals surface area contributed by atoms with Gasteiger partial charge in [-0.1, -0.05) is 29.8 Å². The van der Waals surface area contributed by atoms with Crippen LogP contribution >= 0.6 is 0 Å². The first-order valence-corrected chi connectivity index (χ1v) is 10.1. The lowest BCUT2D eigenvalue weighted by Gasteiger charge is -2.11. The topological polar surface area (TPSA) is 60.4 Å². The van der Waals surface area contributed by atoms with Gasteiger partial charge in [0.05, 0.1) is 27.9 Å². The molecule has 4 nitrogen and oxygen atoms in total. The predicted octanol–water partition coefficient (Wildman–Crippen LogP) is 4.64. The Hall–Kier alpha value is -2.54. The van der Waals surface area contributed by atoms with Crippen LogP contribution < -0.4 is 0 Å². The lowest BCUT2D eigenvalue weighted by molar-refractivity contribution is 0.0600. The van der Waals surface area contributed by atoms with Crippen LogP contribution in [0.1, 0.15) is 35.3 Å². The van der Waals surface area contributed by atoms with Crippen LogP contribution in [0.5, 0.6) is 0 Å². The van der Waals surface area contributed by atoms with Gasteiger partial charge in [-0.25, -0.2) is 22.0 Å². The van der Waals surface area contributed by atoms with E-state index < -0.39 is 37.6 Å². The molecule has 1 aliphatic rings. The summed E-state index contributed by atoms with van der Waals surface area (Å²) in [4.78, 5) is 11.2. The van der Waals surface area contributed by atoms with Gasteiger partial charge in [-0.2, -0.15) is 0 Å². The number of allylic oxidation sites excluding steroid dienone is 1. The molecule has 148 valence electrons. The molecule has 0 aromatic heterocycles. The molecule has 7 heteroatoms. The number of carbonyl (C=O) groups excluding carboxylic acids is 1. The number of halogens is 2. The third-order valence-corrected chi connectivity index (χ3v) is 6.93. The monoisotopic (exact) mass is 406 g/mol. The van der Waals surface area contributed by atoms with Gasteiger partial charge in [-0.05, 0) is 50.6 Å². The Morgan fingerprint density at radius 1 is 0.929 bits per heavy atom. The van der Waals surface area contributed by atoms with Crippen LogP contribution in [0.4, 0.5) is 8.78 Å². The van der Waals surface area contributed by atoms with Crippen molar-refractivity contribution < 1.29 is 26.7 Å². The number of carbonyl (C=O) groups is 1. The summed E-state index contributed by atoms with van der Waals surface area (Å²) >= 11 is 0. The van der Waals surface area contributed by atoms with Crippen LogP contribution in [0.2, 0.25) is 0 Å². The van der Waals surface area contributed by atoms with Gasteiger partial charge in [-0.3, -0.25) is 0 Å². The lowest BCUT2D eigenvalue weighted by atomic mass is 10.1. The van der Waals surface area contributed by atoms with Crippen molar-refractivity contribution in [3.8, 4) is 0 Å². The molecule has 2 aromatic carbocycles. The minimum Gasteiger partial charge on any atom is -0.465 e. The Bertz CT molecular complexity index is 1050. The average Bonchev–Trinajstić information content (AvgIpc) is 3.04. The van der Waals surface area contributed by atoms with E-state index in [0.29, 0.717) is 0 Å². The minimum absolute atomic E-state index is 0.0591. The second kappa shape index (κ2) is 6.51. The Balaban J connectivity index is 2.23. The number of ether oxygens (including phenoxy) is 1. The van der Waals surface area contributed by atoms with Crippen LogP contribution in [0, 0.1) is 12.3 Å². The second-order valence-corrected chi connectivity index (χ2v) is 9.18. The molecule has 2 aromatic rings. The van der Waals surface area contributed by atoms with Crippen LogP contribution in [-0.4, -0.2) is 27.4 Å². The van der Waals surface area contributed by atoms with Gasteiger partial charge in [-0.15, -0.1) is 0 Å². The van der Waals surface area contributed by atoms with Crippen molar-refractivity contribution >= 4 is 20.7 Å². The molecule has 0 bridgehead atoms. The summed E-state index contributed by atoms with van der Waals surface area (Å²) in [6.07, 6.45) is 0. The van der Waals surface area contributed by atoms with E-state index in [-0.39, 0.29) is 16.0 Å². The highest BCUT2D eigenvalue weighted by Crippen LogP contribution is 2.68. The molecule has 0 spiro atoms. The van der Waals surface area contributed by atoms with E-state index in [4.69, 9.17) is 0 Å². The number of alkyl halides is 2. The number of methoxy groups -OCH3 is 1. The van der Waals surface area contributed by atoms with Gasteiger partial charge in [0.1, 0.15) is 0 Å². The molecule has 0 saturated heterocycles. The molecule has 1 saturated carbocycles. The number of aryl methyl sites for hydroxylation is 1. The molecule has 0 heterocycles. The fourth-order valence-corrected chi connectivity index (χ4v) is 4.96. The normalized spacial score (nSPS) is 19.1. The largest absolute Gasteiger partial charge is 0.465 e.